The third-order valence-corrected chi connectivity index (χ3v) is 1.33. The Hall–Kier alpha value is -0.610. The lowest BCUT2D eigenvalue weighted by molar-refractivity contribution is -0.323. The highest BCUT2D eigenvalue weighted by atomic mass is 16.8. The van der Waals surface area contributed by atoms with E-state index >= 15 is 0 Å². The van der Waals surface area contributed by atoms with Gasteiger partial charge in [0.1, 0.15) is 0 Å². The Kier molecular flexibility index (Phi) is 3.24. The fourth-order valence-electron chi connectivity index (χ4n) is 0.374. The monoisotopic (exact) mass is 176 g/mol. The molecular formula is C8H16O4. The van der Waals surface area contributed by atoms with Crippen molar-refractivity contribution < 1.29 is 19.7 Å². The molecule has 0 aromatic heterocycles. The molecule has 0 aromatic carbocycles. The molecule has 0 radical (unpaired) electrons. The molecule has 0 atom stereocenters. The second-order valence-electron chi connectivity index (χ2n) is 3.74. The summed E-state index contributed by atoms with van der Waals surface area (Å²) in [6.45, 7) is 6.43. The van der Waals surface area contributed by atoms with Crippen LogP contribution in [0.2, 0.25) is 0 Å². The number of aliphatic hydroxyl groups is 2. The molecule has 0 spiro atoms. The van der Waals surface area contributed by atoms with Gasteiger partial charge in [-0.05, 0) is 20.8 Å². The Labute approximate surface area is 72.2 Å². The second kappa shape index (κ2) is 3.41. The van der Waals surface area contributed by atoms with Crippen molar-refractivity contribution in [2.24, 2.45) is 5.41 Å². The van der Waals surface area contributed by atoms with Crippen LogP contribution in [0.15, 0.2) is 0 Å². The quantitative estimate of drug-likeness (QED) is 0.478. The van der Waals surface area contributed by atoms with Crippen LogP contribution >= 0.6 is 0 Å². The summed E-state index contributed by atoms with van der Waals surface area (Å²) in [6.07, 6.45) is -0.0468. The predicted molar refractivity (Wildman–Crippen MR) is 43.0 cm³/mol. The van der Waals surface area contributed by atoms with Gasteiger partial charge in [-0.3, -0.25) is 4.79 Å². The molecule has 0 saturated heterocycles. The molecule has 12 heavy (non-hydrogen) atoms. The van der Waals surface area contributed by atoms with Crippen LogP contribution in [-0.4, -0.2) is 22.2 Å². The minimum absolute atomic E-state index is 0.0468. The number of ether oxygens (including phenoxy) is 1. The third-order valence-electron chi connectivity index (χ3n) is 1.33. The summed E-state index contributed by atoms with van der Waals surface area (Å²) in [7, 11) is 0. The zero-order valence-corrected chi connectivity index (χ0v) is 7.92. The van der Waals surface area contributed by atoms with Crippen molar-refractivity contribution in [3.63, 3.8) is 0 Å². The van der Waals surface area contributed by atoms with Gasteiger partial charge in [-0.2, -0.15) is 0 Å². The Morgan fingerprint density at radius 2 is 1.75 bits per heavy atom. The molecule has 2 N–H and O–H groups in total. The maximum Gasteiger partial charge on any atom is 0.324 e. The standard InChI is InChI=1S/C8H16O4/c1-5-8(10,11)12-6(9)7(2,3)4/h10-11H,5H2,1-4H3. The smallest absolute Gasteiger partial charge is 0.324 e. The summed E-state index contributed by atoms with van der Waals surface area (Å²) in [5, 5.41) is 17.9. The highest BCUT2D eigenvalue weighted by molar-refractivity contribution is 5.75. The lowest BCUT2D eigenvalue weighted by Gasteiger charge is -2.24. The first-order valence-electron chi connectivity index (χ1n) is 3.87. The molecule has 0 unspecified atom stereocenters. The topological polar surface area (TPSA) is 66.8 Å². The lowest BCUT2D eigenvalue weighted by atomic mass is 9.97. The van der Waals surface area contributed by atoms with Crippen LogP contribution in [0.3, 0.4) is 0 Å². The summed E-state index contributed by atoms with van der Waals surface area (Å²) in [5.74, 6) is -2.96. The van der Waals surface area contributed by atoms with E-state index in [4.69, 9.17) is 10.2 Å². The molecule has 0 saturated carbocycles. The molecule has 0 aliphatic rings. The lowest BCUT2D eigenvalue weighted by Crippen LogP contribution is -2.38. The molecular weight excluding hydrogens is 160 g/mol. The van der Waals surface area contributed by atoms with Gasteiger partial charge in [-0.15, -0.1) is 0 Å². The number of rotatable bonds is 2. The second-order valence-corrected chi connectivity index (χ2v) is 3.74. The number of carbonyl (C=O) groups is 1. The van der Waals surface area contributed by atoms with E-state index in [2.05, 4.69) is 4.74 Å². The van der Waals surface area contributed by atoms with E-state index in [1.54, 1.807) is 20.8 Å². The molecule has 0 aliphatic heterocycles. The summed E-state index contributed by atoms with van der Waals surface area (Å²) < 4.78 is 4.42. The maximum absolute atomic E-state index is 11.1. The fourth-order valence-corrected chi connectivity index (χ4v) is 0.374. The van der Waals surface area contributed by atoms with E-state index in [0.29, 0.717) is 0 Å². The van der Waals surface area contributed by atoms with Gasteiger partial charge < -0.3 is 14.9 Å². The van der Waals surface area contributed by atoms with Crippen LogP contribution in [0.25, 0.3) is 0 Å². The number of hydrogen-bond acceptors (Lipinski definition) is 4. The van der Waals surface area contributed by atoms with Crippen LogP contribution in [-0.2, 0) is 9.53 Å². The minimum atomic E-state index is -2.33. The van der Waals surface area contributed by atoms with E-state index in [-0.39, 0.29) is 6.42 Å². The first kappa shape index (κ1) is 11.4. The van der Waals surface area contributed by atoms with E-state index in [0.717, 1.165) is 0 Å². The van der Waals surface area contributed by atoms with Crippen molar-refractivity contribution in [1.82, 2.24) is 0 Å². The molecule has 0 aromatic rings. The van der Waals surface area contributed by atoms with E-state index in [9.17, 15) is 4.79 Å². The molecule has 72 valence electrons. The van der Waals surface area contributed by atoms with Crippen LogP contribution in [0, 0.1) is 5.41 Å². The number of hydrogen-bond donors (Lipinski definition) is 2. The van der Waals surface area contributed by atoms with Crippen molar-refractivity contribution >= 4 is 5.97 Å². The normalized spacial score (nSPS) is 12.8. The molecule has 0 amide bonds. The Bertz CT molecular complexity index is 166. The third kappa shape index (κ3) is 3.69. The van der Waals surface area contributed by atoms with E-state index in [1.807, 2.05) is 0 Å². The molecule has 0 aliphatic carbocycles. The van der Waals surface area contributed by atoms with Crippen molar-refractivity contribution in [3.05, 3.63) is 0 Å². The van der Waals surface area contributed by atoms with Gasteiger partial charge >= 0.3 is 11.9 Å². The number of esters is 1. The van der Waals surface area contributed by atoms with Crippen molar-refractivity contribution in [3.8, 4) is 0 Å². The molecule has 0 fully saturated rings. The Morgan fingerprint density at radius 3 is 2.00 bits per heavy atom. The van der Waals surface area contributed by atoms with Crippen LogP contribution < -0.4 is 0 Å². The SMILES string of the molecule is CCC(O)(O)OC(=O)C(C)(C)C. The summed E-state index contributed by atoms with van der Waals surface area (Å²) in [5.41, 5.74) is -0.716. The minimum Gasteiger partial charge on any atom is -0.408 e. The van der Waals surface area contributed by atoms with Gasteiger partial charge in [0.15, 0.2) is 0 Å². The first-order valence-corrected chi connectivity index (χ1v) is 3.87. The number of carbonyl (C=O) groups excluding carboxylic acids is 1. The average molecular weight is 176 g/mol. The van der Waals surface area contributed by atoms with Crippen molar-refractivity contribution in [2.45, 2.75) is 40.1 Å². The van der Waals surface area contributed by atoms with Gasteiger partial charge in [0.2, 0.25) is 0 Å². The summed E-state index contributed by atoms with van der Waals surface area (Å²) >= 11 is 0. The molecule has 0 bridgehead atoms. The molecule has 4 heteroatoms. The zero-order valence-electron chi connectivity index (χ0n) is 7.92. The van der Waals surface area contributed by atoms with Crippen LogP contribution in [0.1, 0.15) is 34.1 Å². The maximum atomic E-state index is 11.1. The Morgan fingerprint density at radius 1 is 1.33 bits per heavy atom. The predicted octanol–water partition coefficient (Wildman–Crippen LogP) is 0.624. The van der Waals surface area contributed by atoms with Crippen molar-refractivity contribution in [1.29, 1.82) is 0 Å². The largest absolute Gasteiger partial charge is 0.408 e. The van der Waals surface area contributed by atoms with Gasteiger partial charge in [-0.1, -0.05) is 6.92 Å². The van der Waals surface area contributed by atoms with Gasteiger partial charge in [0, 0.05) is 6.42 Å². The van der Waals surface area contributed by atoms with Crippen molar-refractivity contribution in [2.75, 3.05) is 0 Å². The highest BCUT2D eigenvalue weighted by Gasteiger charge is 2.32. The molecule has 0 rings (SSSR count). The Balaban J connectivity index is 4.20. The van der Waals surface area contributed by atoms with E-state index in [1.165, 1.54) is 6.92 Å². The molecule has 0 heterocycles. The molecule has 4 nitrogen and oxygen atoms in total. The average Bonchev–Trinajstić information content (AvgIpc) is 1.85. The van der Waals surface area contributed by atoms with Gasteiger partial charge in [-0.25, -0.2) is 0 Å². The van der Waals surface area contributed by atoms with Crippen LogP contribution in [0.4, 0.5) is 0 Å². The van der Waals surface area contributed by atoms with Gasteiger partial charge in [0.25, 0.3) is 0 Å². The zero-order chi connectivity index (χ0) is 9.99. The first-order chi connectivity index (χ1) is 5.19. The van der Waals surface area contributed by atoms with Crippen LogP contribution in [0.5, 0.6) is 0 Å². The van der Waals surface area contributed by atoms with E-state index < -0.39 is 17.4 Å². The summed E-state index contributed by atoms with van der Waals surface area (Å²) in [4.78, 5) is 11.1. The summed E-state index contributed by atoms with van der Waals surface area (Å²) in [6, 6.07) is 0. The fraction of sp³-hybridized carbons (Fsp3) is 0.875. The van der Waals surface area contributed by atoms with Gasteiger partial charge in [0.05, 0.1) is 5.41 Å². The highest BCUT2D eigenvalue weighted by Crippen LogP contribution is 2.19.